The van der Waals surface area contributed by atoms with E-state index in [1.165, 1.54) is 5.56 Å². The molecule has 2 rings (SSSR count). The van der Waals surface area contributed by atoms with Crippen molar-refractivity contribution in [1.29, 1.82) is 0 Å². The lowest BCUT2D eigenvalue weighted by Crippen LogP contribution is -1.99. The zero-order valence-corrected chi connectivity index (χ0v) is 11.7. The van der Waals surface area contributed by atoms with Gasteiger partial charge in [0, 0.05) is 0 Å². The van der Waals surface area contributed by atoms with Crippen LogP contribution in [0.4, 0.5) is 0 Å². The molecule has 104 valence electrons. The minimum atomic E-state index is -0.831. The Morgan fingerprint density at radius 3 is 1.95 bits per heavy atom. The van der Waals surface area contributed by atoms with Crippen molar-refractivity contribution in [3.05, 3.63) is 59.7 Å². The summed E-state index contributed by atoms with van der Waals surface area (Å²) in [6.45, 7) is 4.30. The van der Waals surface area contributed by atoms with E-state index in [4.69, 9.17) is 9.84 Å². The highest BCUT2D eigenvalue weighted by Gasteiger charge is 2.03. The number of carboxylic acid groups (broad SMARTS) is 1. The summed E-state index contributed by atoms with van der Waals surface area (Å²) in [6.07, 6.45) is 0.0311. The number of ether oxygens (including phenoxy) is 1. The number of hydrogen-bond donors (Lipinski definition) is 1. The molecule has 0 aromatic heterocycles. The number of rotatable bonds is 5. The largest absolute Gasteiger partial charge is 0.481 e. The van der Waals surface area contributed by atoms with Crippen LogP contribution in [0.3, 0.4) is 0 Å². The molecule has 0 radical (unpaired) electrons. The summed E-state index contributed by atoms with van der Waals surface area (Å²) < 4.78 is 5.73. The van der Waals surface area contributed by atoms with Gasteiger partial charge in [0.1, 0.15) is 11.5 Å². The van der Waals surface area contributed by atoms with Gasteiger partial charge in [0.25, 0.3) is 0 Å². The monoisotopic (exact) mass is 270 g/mol. The van der Waals surface area contributed by atoms with E-state index >= 15 is 0 Å². The molecule has 0 amide bonds. The van der Waals surface area contributed by atoms with Crippen LogP contribution in [0.1, 0.15) is 30.9 Å². The van der Waals surface area contributed by atoms with E-state index in [1.807, 2.05) is 12.1 Å². The maximum atomic E-state index is 10.6. The van der Waals surface area contributed by atoms with Gasteiger partial charge in [-0.15, -0.1) is 0 Å². The Hall–Kier alpha value is -2.29. The van der Waals surface area contributed by atoms with Crippen molar-refractivity contribution in [2.45, 2.75) is 26.2 Å². The standard InChI is InChI=1S/C17H18O3/c1-12(2)14-5-9-16(10-6-14)20-15-7-3-13(4-8-15)11-17(18)19/h3-10,12H,11H2,1-2H3,(H,18,19). The second kappa shape index (κ2) is 6.24. The fourth-order valence-corrected chi connectivity index (χ4v) is 1.91. The van der Waals surface area contributed by atoms with Crippen LogP contribution >= 0.6 is 0 Å². The molecular weight excluding hydrogens is 252 g/mol. The lowest BCUT2D eigenvalue weighted by atomic mass is 10.0. The summed E-state index contributed by atoms with van der Waals surface area (Å²) in [6, 6.07) is 15.1. The van der Waals surface area contributed by atoms with Crippen LogP contribution in [0, 0.1) is 0 Å². The van der Waals surface area contributed by atoms with Crippen molar-refractivity contribution in [3.8, 4) is 11.5 Å². The molecule has 0 aliphatic carbocycles. The number of hydrogen-bond acceptors (Lipinski definition) is 2. The molecule has 2 aromatic carbocycles. The molecular formula is C17H18O3. The molecule has 1 N–H and O–H groups in total. The van der Waals surface area contributed by atoms with Crippen LogP contribution in [0.15, 0.2) is 48.5 Å². The molecule has 0 heterocycles. The molecule has 0 spiro atoms. The van der Waals surface area contributed by atoms with Crippen molar-refractivity contribution < 1.29 is 14.6 Å². The van der Waals surface area contributed by atoms with Crippen molar-refractivity contribution in [2.24, 2.45) is 0 Å². The first-order valence-electron chi connectivity index (χ1n) is 6.63. The van der Waals surface area contributed by atoms with Crippen LogP contribution < -0.4 is 4.74 Å². The lowest BCUT2D eigenvalue weighted by molar-refractivity contribution is -0.136. The second-order valence-electron chi connectivity index (χ2n) is 5.04. The lowest BCUT2D eigenvalue weighted by Gasteiger charge is -2.09. The summed E-state index contributed by atoms with van der Waals surface area (Å²) in [4.78, 5) is 10.6. The normalized spacial score (nSPS) is 10.6. The molecule has 0 aliphatic rings. The quantitative estimate of drug-likeness (QED) is 0.884. The van der Waals surface area contributed by atoms with Crippen molar-refractivity contribution in [3.63, 3.8) is 0 Å². The van der Waals surface area contributed by atoms with Gasteiger partial charge in [-0.05, 0) is 41.3 Å². The predicted octanol–water partition coefficient (Wildman–Crippen LogP) is 4.23. The third-order valence-electron chi connectivity index (χ3n) is 3.06. The van der Waals surface area contributed by atoms with Gasteiger partial charge in [0.05, 0.1) is 6.42 Å². The minimum absolute atomic E-state index is 0.0311. The first-order chi connectivity index (χ1) is 9.54. The summed E-state index contributed by atoms with van der Waals surface area (Å²) in [5.41, 5.74) is 2.04. The van der Waals surface area contributed by atoms with Crippen molar-refractivity contribution in [2.75, 3.05) is 0 Å². The van der Waals surface area contributed by atoms with Gasteiger partial charge in [0.15, 0.2) is 0 Å². The third kappa shape index (κ3) is 3.85. The van der Waals surface area contributed by atoms with Crippen LogP contribution in [0.2, 0.25) is 0 Å². The predicted molar refractivity (Wildman–Crippen MR) is 78.4 cm³/mol. The molecule has 2 aromatic rings. The summed E-state index contributed by atoms with van der Waals surface area (Å²) >= 11 is 0. The highest BCUT2D eigenvalue weighted by atomic mass is 16.5. The Kier molecular flexibility index (Phi) is 4.41. The van der Waals surface area contributed by atoms with Gasteiger partial charge in [-0.3, -0.25) is 4.79 Å². The molecule has 3 heteroatoms. The van der Waals surface area contributed by atoms with Gasteiger partial charge >= 0.3 is 5.97 Å². The maximum absolute atomic E-state index is 10.6. The van der Waals surface area contributed by atoms with Crippen molar-refractivity contribution >= 4 is 5.97 Å². The molecule has 0 unspecified atom stereocenters. The fourth-order valence-electron chi connectivity index (χ4n) is 1.91. The first-order valence-corrected chi connectivity index (χ1v) is 6.63. The van der Waals surface area contributed by atoms with Gasteiger partial charge in [-0.1, -0.05) is 38.1 Å². The molecule has 0 aliphatic heterocycles. The molecule has 0 saturated carbocycles. The highest BCUT2D eigenvalue weighted by molar-refractivity contribution is 5.70. The SMILES string of the molecule is CC(C)c1ccc(Oc2ccc(CC(=O)O)cc2)cc1. The van der Waals surface area contributed by atoms with Crippen LogP contribution in [0.5, 0.6) is 11.5 Å². The fraction of sp³-hybridized carbons (Fsp3) is 0.235. The first kappa shape index (κ1) is 14.1. The second-order valence-corrected chi connectivity index (χ2v) is 5.04. The number of aliphatic carboxylic acids is 1. The summed E-state index contributed by atoms with van der Waals surface area (Å²) in [5.74, 6) is 1.15. The molecule has 0 bridgehead atoms. The minimum Gasteiger partial charge on any atom is -0.481 e. The molecule has 3 nitrogen and oxygen atoms in total. The van der Waals surface area contributed by atoms with Crippen molar-refractivity contribution in [1.82, 2.24) is 0 Å². The van der Waals surface area contributed by atoms with Gasteiger partial charge in [0.2, 0.25) is 0 Å². The average molecular weight is 270 g/mol. The van der Waals surface area contributed by atoms with E-state index < -0.39 is 5.97 Å². The molecule has 0 atom stereocenters. The van der Waals surface area contributed by atoms with Crippen LogP contribution in [-0.2, 0) is 11.2 Å². The van der Waals surface area contributed by atoms with E-state index in [9.17, 15) is 4.79 Å². The Labute approximate surface area is 118 Å². The van der Waals surface area contributed by atoms with Gasteiger partial charge in [-0.25, -0.2) is 0 Å². The summed E-state index contributed by atoms with van der Waals surface area (Å²) in [7, 11) is 0. The highest BCUT2D eigenvalue weighted by Crippen LogP contribution is 2.24. The molecule has 20 heavy (non-hydrogen) atoms. The van der Waals surface area contributed by atoms with Crippen LogP contribution in [-0.4, -0.2) is 11.1 Å². The van der Waals surface area contributed by atoms with E-state index in [2.05, 4.69) is 26.0 Å². The van der Waals surface area contributed by atoms with Gasteiger partial charge in [-0.2, -0.15) is 0 Å². The topological polar surface area (TPSA) is 46.5 Å². The van der Waals surface area contributed by atoms with E-state index in [0.717, 1.165) is 11.3 Å². The maximum Gasteiger partial charge on any atom is 0.307 e. The van der Waals surface area contributed by atoms with E-state index in [1.54, 1.807) is 24.3 Å². The average Bonchev–Trinajstić information content (AvgIpc) is 2.41. The van der Waals surface area contributed by atoms with E-state index in [-0.39, 0.29) is 6.42 Å². The Bertz CT molecular complexity index is 568. The van der Waals surface area contributed by atoms with Gasteiger partial charge < -0.3 is 9.84 Å². The Morgan fingerprint density at radius 2 is 1.50 bits per heavy atom. The zero-order chi connectivity index (χ0) is 14.5. The third-order valence-corrected chi connectivity index (χ3v) is 3.06. The van der Waals surface area contributed by atoms with Crippen LogP contribution in [0.25, 0.3) is 0 Å². The number of benzene rings is 2. The number of carbonyl (C=O) groups is 1. The van der Waals surface area contributed by atoms with E-state index in [0.29, 0.717) is 11.7 Å². The Balaban J connectivity index is 2.04. The zero-order valence-electron chi connectivity index (χ0n) is 11.7. The Morgan fingerprint density at radius 1 is 1.00 bits per heavy atom. The molecule has 0 fully saturated rings. The number of carboxylic acids is 1. The molecule has 0 saturated heterocycles. The summed E-state index contributed by atoms with van der Waals surface area (Å²) in [5, 5.41) is 8.71. The smallest absolute Gasteiger partial charge is 0.307 e.